The Morgan fingerprint density at radius 2 is 1.75 bits per heavy atom. The van der Waals surface area contributed by atoms with Crippen LogP contribution in [0.5, 0.6) is 0 Å². The zero-order valence-electron chi connectivity index (χ0n) is 15.6. The highest BCUT2D eigenvalue weighted by atomic mass is 19.1. The second-order valence-corrected chi connectivity index (χ2v) is 7.92. The molecule has 0 atom stereocenters. The molecule has 0 saturated carbocycles. The maximum absolute atomic E-state index is 14.2. The smallest absolute Gasteiger partial charge is 0.331 e. The molecule has 24 heavy (non-hydrogen) atoms. The molecule has 0 aliphatic heterocycles. The predicted octanol–water partition coefficient (Wildman–Crippen LogP) is 2.52. The van der Waals surface area contributed by atoms with E-state index in [1.807, 2.05) is 0 Å². The molecule has 0 unspecified atom stereocenters. The van der Waals surface area contributed by atoms with Crippen LogP contribution < -0.4 is 5.46 Å². The van der Waals surface area contributed by atoms with E-state index in [1.54, 1.807) is 54.5 Å². The van der Waals surface area contributed by atoms with Crippen molar-refractivity contribution < 1.29 is 23.7 Å². The molecule has 0 aromatic heterocycles. The fraction of sp³-hybridized carbons (Fsp3) is 0.611. The summed E-state index contributed by atoms with van der Waals surface area (Å²) in [5, 5.41) is 10.0. The molecule has 133 valence electrons. The standard InChI is InChI=1S/C18H27BFO4/c1-16(2,3)23-15(21)10-12-8-9-13(11-14(12)20)19-24-18(6,7)17(4,5)22/h8-9,11,22H,10H2,1-7H3. The van der Waals surface area contributed by atoms with Gasteiger partial charge in [-0.05, 0) is 60.1 Å². The third-order valence-electron chi connectivity index (χ3n) is 3.79. The van der Waals surface area contributed by atoms with Crippen LogP contribution in [0.2, 0.25) is 0 Å². The van der Waals surface area contributed by atoms with Crippen molar-refractivity contribution in [2.45, 2.75) is 71.7 Å². The quantitative estimate of drug-likeness (QED) is 0.640. The van der Waals surface area contributed by atoms with Gasteiger partial charge in [0.2, 0.25) is 0 Å². The molecule has 1 N–H and O–H groups in total. The van der Waals surface area contributed by atoms with E-state index in [0.717, 1.165) is 0 Å². The van der Waals surface area contributed by atoms with E-state index in [9.17, 15) is 14.3 Å². The zero-order valence-corrected chi connectivity index (χ0v) is 15.6. The van der Waals surface area contributed by atoms with Crippen LogP contribution in [-0.2, 0) is 20.6 Å². The molecule has 0 bridgehead atoms. The molecule has 1 aromatic rings. The molecule has 6 heteroatoms. The Labute approximate surface area is 144 Å². The number of hydrogen-bond acceptors (Lipinski definition) is 4. The minimum absolute atomic E-state index is 0.126. The van der Waals surface area contributed by atoms with Crippen LogP contribution in [0.4, 0.5) is 4.39 Å². The lowest BCUT2D eigenvalue weighted by Crippen LogP contribution is -2.49. The summed E-state index contributed by atoms with van der Waals surface area (Å²) in [4.78, 5) is 11.8. The van der Waals surface area contributed by atoms with E-state index in [2.05, 4.69) is 0 Å². The van der Waals surface area contributed by atoms with Crippen LogP contribution in [0, 0.1) is 5.82 Å². The number of esters is 1. The van der Waals surface area contributed by atoms with Crippen molar-refractivity contribution in [2.75, 3.05) is 0 Å². The molecule has 0 aliphatic rings. The van der Waals surface area contributed by atoms with Gasteiger partial charge >= 0.3 is 13.5 Å². The molecule has 0 saturated heterocycles. The average Bonchev–Trinajstić information content (AvgIpc) is 2.36. The fourth-order valence-electron chi connectivity index (χ4n) is 1.67. The second-order valence-electron chi connectivity index (χ2n) is 7.92. The molecule has 0 heterocycles. The van der Waals surface area contributed by atoms with E-state index in [4.69, 9.17) is 9.39 Å². The van der Waals surface area contributed by atoms with Crippen molar-refractivity contribution in [2.24, 2.45) is 0 Å². The van der Waals surface area contributed by atoms with E-state index in [-0.39, 0.29) is 12.0 Å². The minimum atomic E-state index is -1.06. The lowest BCUT2D eigenvalue weighted by molar-refractivity contribution is -0.153. The average molecular weight is 337 g/mol. The molecule has 0 amide bonds. The summed E-state index contributed by atoms with van der Waals surface area (Å²) in [7, 11) is 1.40. The lowest BCUT2D eigenvalue weighted by atomic mass is 9.82. The highest BCUT2D eigenvalue weighted by Gasteiger charge is 2.35. The Hall–Kier alpha value is -1.40. The normalized spacial score (nSPS) is 12.9. The van der Waals surface area contributed by atoms with Gasteiger partial charge in [-0.2, -0.15) is 0 Å². The number of rotatable bonds is 6. The number of aliphatic hydroxyl groups is 1. The van der Waals surface area contributed by atoms with Gasteiger partial charge < -0.3 is 14.5 Å². The maximum atomic E-state index is 14.2. The highest BCUT2D eigenvalue weighted by molar-refractivity contribution is 6.47. The SMILES string of the molecule is CC(C)(C)OC(=O)Cc1ccc([B]OC(C)(C)C(C)(C)O)cc1F. The van der Waals surface area contributed by atoms with Gasteiger partial charge in [-0.25, -0.2) is 4.39 Å². The Morgan fingerprint density at radius 3 is 2.21 bits per heavy atom. The monoisotopic (exact) mass is 337 g/mol. The van der Waals surface area contributed by atoms with Crippen molar-refractivity contribution in [3.8, 4) is 0 Å². The summed E-state index contributed by atoms with van der Waals surface area (Å²) in [5.74, 6) is -0.975. The van der Waals surface area contributed by atoms with Gasteiger partial charge in [0.1, 0.15) is 11.4 Å². The first kappa shape index (κ1) is 20.6. The lowest BCUT2D eigenvalue weighted by Gasteiger charge is -2.37. The number of carbonyl (C=O) groups excluding carboxylic acids is 1. The second kappa shape index (κ2) is 7.24. The van der Waals surface area contributed by atoms with Crippen LogP contribution in [0.1, 0.15) is 54.0 Å². The van der Waals surface area contributed by atoms with Gasteiger partial charge in [0, 0.05) is 0 Å². The molecule has 0 aliphatic carbocycles. The fourth-order valence-corrected chi connectivity index (χ4v) is 1.67. The predicted molar refractivity (Wildman–Crippen MR) is 92.8 cm³/mol. The van der Waals surface area contributed by atoms with Gasteiger partial charge in [-0.15, -0.1) is 0 Å². The Kier molecular flexibility index (Phi) is 6.23. The Morgan fingerprint density at radius 1 is 1.17 bits per heavy atom. The molecule has 1 aromatic carbocycles. The van der Waals surface area contributed by atoms with Crippen molar-refractivity contribution in [1.29, 1.82) is 0 Å². The van der Waals surface area contributed by atoms with Gasteiger partial charge in [-0.1, -0.05) is 17.6 Å². The highest BCUT2D eigenvalue weighted by Crippen LogP contribution is 2.24. The Bertz CT molecular complexity index is 586. The van der Waals surface area contributed by atoms with Gasteiger partial charge in [0.15, 0.2) is 0 Å². The van der Waals surface area contributed by atoms with Crippen molar-refractivity contribution in [3.05, 3.63) is 29.6 Å². The summed E-state index contributed by atoms with van der Waals surface area (Å²) in [6.45, 7) is 12.1. The number of ether oxygens (including phenoxy) is 1. The summed E-state index contributed by atoms with van der Waals surface area (Å²) in [6.07, 6.45) is -0.126. The van der Waals surface area contributed by atoms with E-state index in [0.29, 0.717) is 5.46 Å². The van der Waals surface area contributed by atoms with Crippen molar-refractivity contribution in [3.63, 3.8) is 0 Å². The molecular weight excluding hydrogens is 310 g/mol. The molecule has 1 rings (SSSR count). The van der Waals surface area contributed by atoms with Gasteiger partial charge in [0.25, 0.3) is 0 Å². The molecular formula is C18H27BFO4. The number of halogens is 1. The summed E-state index contributed by atoms with van der Waals surface area (Å²) >= 11 is 0. The molecule has 1 radical (unpaired) electrons. The van der Waals surface area contributed by atoms with Crippen LogP contribution in [0.3, 0.4) is 0 Å². The first-order chi connectivity index (χ1) is 10.7. The van der Waals surface area contributed by atoms with Crippen molar-refractivity contribution in [1.82, 2.24) is 0 Å². The first-order valence-electron chi connectivity index (χ1n) is 7.95. The van der Waals surface area contributed by atoms with Gasteiger partial charge in [-0.3, -0.25) is 4.79 Å². The summed E-state index contributed by atoms with van der Waals surface area (Å²) in [6, 6.07) is 4.48. The third-order valence-corrected chi connectivity index (χ3v) is 3.79. The van der Waals surface area contributed by atoms with Crippen LogP contribution >= 0.6 is 0 Å². The van der Waals surface area contributed by atoms with Crippen LogP contribution in [-0.4, -0.2) is 35.4 Å². The third kappa shape index (κ3) is 6.25. The molecule has 4 nitrogen and oxygen atoms in total. The van der Waals surface area contributed by atoms with Crippen molar-refractivity contribution >= 4 is 18.9 Å². The molecule has 0 spiro atoms. The number of carbonyl (C=O) groups is 1. The zero-order chi connectivity index (χ0) is 18.8. The topological polar surface area (TPSA) is 55.8 Å². The first-order valence-corrected chi connectivity index (χ1v) is 7.95. The van der Waals surface area contributed by atoms with E-state index >= 15 is 0 Å². The maximum Gasteiger partial charge on any atom is 0.331 e. The van der Waals surface area contributed by atoms with E-state index < -0.39 is 28.6 Å². The minimum Gasteiger partial charge on any atom is -0.460 e. The number of hydrogen-bond donors (Lipinski definition) is 1. The summed E-state index contributed by atoms with van der Waals surface area (Å²) < 4.78 is 24.9. The van der Waals surface area contributed by atoms with Crippen LogP contribution in [0.15, 0.2) is 18.2 Å². The largest absolute Gasteiger partial charge is 0.460 e. The molecule has 0 fully saturated rings. The van der Waals surface area contributed by atoms with E-state index in [1.165, 1.54) is 19.6 Å². The summed E-state index contributed by atoms with van der Waals surface area (Å²) in [5.41, 5.74) is -1.71. The van der Waals surface area contributed by atoms with Gasteiger partial charge in [0.05, 0.1) is 17.6 Å². The number of benzene rings is 1. The van der Waals surface area contributed by atoms with Crippen LogP contribution in [0.25, 0.3) is 0 Å². The Balaban J connectivity index is 2.73.